The molecule has 2 rings (SSSR count). The minimum absolute atomic E-state index is 0.371. The lowest BCUT2D eigenvalue weighted by molar-refractivity contribution is 0.384. The van der Waals surface area contributed by atoms with Crippen molar-refractivity contribution >= 4 is 0 Å². The fourth-order valence-electron chi connectivity index (χ4n) is 1.69. The number of methoxy groups -OCH3 is 1. The molecule has 1 aromatic rings. The normalized spacial score (nSPS) is 21.8. The smallest absolute Gasteiger partial charge is 0.220 e. The van der Waals surface area contributed by atoms with Crippen LogP contribution in [-0.2, 0) is 0 Å². The van der Waals surface area contributed by atoms with Crippen molar-refractivity contribution in [3.05, 3.63) is 18.1 Å². The van der Waals surface area contributed by atoms with E-state index in [1.54, 1.807) is 7.11 Å². The van der Waals surface area contributed by atoms with E-state index in [-0.39, 0.29) is 0 Å². The Morgan fingerprint density at radius 3 is 3.23 bits per heavy atom. The Morgan fingerprint density at radius 2 is 2.54 bits per heavy atom. The van der Waals surface area contributed by atoms with Gasteiger partial charge in [0.2, 0.25) is 5.88 Å². The van der Waals surface area contributed by atoms with Gasteiger partial charge in [0, 0.05) is 17.8 Å². The van der Waals surface area contributed by atoms with Crippen molar-refractivity contribution in [3.63, 3.8) is 0 Å². The molecule has 4 heteroatoms. The predicted octanol–water partition coefficient (Wildman–Crippen LogP) is 0.910. The summed E-state index contributed by atoms with van der Waals surface area (Å²) in [7, 11) is 1.64. The second-order valence-electron chi connectivity index (χ2n) is 3.14. The largest absolute Gasteiger partial charge is 0.481 e. The molecule has 0 amide bonds. The molecule has 0 aliphatic carbocycles. The summed E-state index contributed by atoms with van der Waals surface area (Å²) in [5.41, 5.74) is 1.07. The molecule has 1 N–H and O–H groups in total. The minimum atomic E-state index is 0.371. The molecule has 0 aromatic carbocycles. The fourth-order valence-corrected chi connectivity index (χ4v) is 1.69. The van der Waals surface area contributed by atoms with Gasteiger partial charge in [-0.3, -0.25) is 0 Å². The maximum Gasteiger partial charge on any atom is 0.220 e. The van der Waals surface area contributed by atoms with Gasteiger partial charge in [0.05, 0.1) is 7.11 Å². The second kappa shape index (κ2) is 3.70. The first-order chi connectivity index (χ1) is 6.42. The molecule has 1 unspecified atom stereocenters. The molecule has 1 aliphatic heterocycles. The molecular formula is C9H13N3O. The topological polar surface area (TPSA) is 47.0 Å². The summed E-state index contributed by atoms with van der Waals surface area (Å²) < 4.78 is 5.17. The van der Waals surface area contributed by atoms with Crippen LogP contribution in [0.1, 0.15) is 24.4 Å². The van der Waals surface area contributed by atoms with Crippen LogP contribution in [0.3, 0.4) is 0 Å². The lowest BCUT2D eigenvalue weighted by Gasteiger charge is -2.12. The molecule has 2 heterocycles. The molecule has 0 radical (unpaired) electrons. The first-order valence-electron chi connectivity index (χ1n) is 4.49. The highest BCUT2D eigenvalue weighted by molar-refractivity contribution is 5.26. The summed E-state index contributed by atoms with van der Waals surface area (Å²) in [5, 5.41) is 3.39. The number of nitrogens with zero attached hydrogens (tertiary/aromatic N) is 2. The molecule has 1 fully saturated rings. The van der Waals surface area contributed by atoms with Crippen LogP contribution in [0.5, 0.6) is 5.88 Å². The number of rotatable bonds is 2. The molecular weight excluding hydrogens is 166 g/mol. The van der Waals surface area contributed by atoms with Crippen LogP contribution in [0.4, 0.5) is 0 Å². The van der Waals surface area contributed by atoms with E-state index in [4.69, 9.17) is 4.74 Å². The van der Waals surface area contributed by atoms with Gasteiger partial charge in [0.1, 0.15) is 6.33 Å². The van der Waals surface area contributed by atoms with Gasteiger partial charge in [-0.25, -0.2) is 9.97 Å². The third-order valence-corrected chi connectivity index (χ3v) is 2.33. The van der Waals surface area contributed by atoms with Crippen LogP contribution in [0.15, 0.2) is 12.5 Å². The van der Waals surface area contributed by atoms with Crippen molar-refractivity contribution in [3.8, 4) is 5.88 Å². The highest BCUT2D eigenvalue weighted by Crippen LogP contribution is 2.27. The molecule has 1 aromatic heterocycles. The van der Waals surface area contributed by atoms with E-state index in [9.17, 15) is 0 Å². The van der Waals surface area contributed by atoms with E-state index in [1.165, 1.54) is 12.7 Å². The first-order valence-corrected chi connectivity index (χ1v) is 4.49. The van der Waals surface area contributed by atoms with E-state index in [2.05, 4.69) is 15.3 Å². The van der Waals surface area contributed by atoms with E-state index >= 15 is 0 Å². The lowest BCUT2D eigenvalue weighted by atomic mass is 10.1. The highest BCUT2D eigenvalue weighted by atomic mass is 16.5. The molecule has 13 heavy (non-hydrogen) atoms. The van der Waals surface area contributed by atoms with E-state index in [1.807, 2.05) is 6.20 Å². The maximum atomic E-state index is 5.17. The van der Waals surface area contributed by atoms with Crippen molar-refractivity contribution in [1.82, 2.24) is 15.3 Å². The third-order valence-electron chi connectivity index (χ3n) is 2.33. The molecule has 0 bridgehead atoms. The van der Waals surface area contributed by atoms with Crippen molar-refractivity contribution in [2.45, 2.75) is 18.9 Å². The van der Waals surface area contributed by atoms with Crippen LogP contribution in [0, 0.1) is 0 Å². The monoisotopic (exact) mass is 179 g/mol. The van der Waals surface area contributed by atoms with Crippen molar-refractivity contribution in [2.24, 2.45) is 0 Å². The summed E-state index contributed by atoms with van der Waals surface area (Å²) in [4.78, 5) is 8.08. The number of hydrogen-bond donors (Lipinski definition) is 1. The summed E-state index contributed by atoms with van der Waals surface area (Å²) in [5.74, 6) is 0.689. The summed E-state index contributed by atoms with van der Waals surface area (Å²) in [6.07, 6.45) is 5.69. The standard InChI is InChI=1S/C9H13N3O/c1-13-9-7(5-10-6-12-9)8-3-2-4-11-8/h5-6,8,11H,2-4H2,1H3. The van der Waals surface area contributed by atoms with Gasteiger partial charge < -0.3 is 10.1 Å². The van der Waals surface area contributed by atoms with Gasteiger partial charge in [-0.05, 0) is 19.4 Å². The van der Waals surface area contributed by atoms with Gasteiger partial charge in [-0.15, -0.1) is 0 Å². The Hall–Kier alpha value is -1.16. The van der Waals surface area contributed by atoms with Crippen LogP contribution >= 0.6 is 0 Å². The van der Waals surface area contributed by atoms with Crippen molar-refractivity contribution in [2.75, 3.05) is 13.7 Å². The molecule has 0 saturated carbocycles. The molecule has 1 aliphatic rings. The minimum Gasteiger partial charge on any atom is -0.481 e. The summed E-state index contributed by atoms with van der Waals surface area (Å²) in [6.45, 7) is 1.07. The van der Waals surface area contributed by atoms with Crippen LogP contribution in [0.25, 0.3) is 0 Å². The highest BCUT2D eigenvalue weighted by Gasteiger charge is 2.20. The Bertz CT molecular complexity index is 284. The quantitative estimate of drug-likeness (QED) is 0.733. The predicted molar refractivity (Wildman–Crippen MR) is 48.6 cm³/mol. The maximum absolute atomic E-state index is 5.17. The lowest BCUT2D eigenvalue weighted by Crippen LogP contribution is -2.14. The number of ether oxygens (including phenoxy) is 1. The van der Waals surface area contributed by atoms with E-state index in [0.717, 1.165) is 18.5 Å². The zero-order valence-corrected chi connectivity index (χ0v) is 7.66. The molecule has 4 nitrogen and oxygen atoms in total. The summed E-state index contributed by atoms with van der Waals surface area (Å²) >= 11 is 0. The van der Waals surface area contributed by atoms with Gasteiger partial charge in [0.15, 0.2) is 0 Å². The van der Waals surface area contributed by atoms with Crippen LogP contribution < -0.4 is 10.1 Å². The Labute approximate surface area is 77.4 Å². The zero-order chi connectivity index (χ0) is 9.10. The van der Waals surface area contributed by atoms with Crippen molar-refractivity contribution in [1.29, 1.82) is 0 Å². The molecule has 1 saturated heterocycles. The Balaban J connectivity index is 2.26. The average Bonchev–Trinajstić information content (AvgIpc) is 2.70. The average molecular weight is 179 g/mol. The molecule has 0 spiro atoms. The first kappa shape index (κ1) is 8.44. The Morgan fingerprint density at radius 1 is 1.62 bits per heavy atom. The summed E-state index contributed by atoms with van der Waals surface area (Å²) in [6, 6.07) is 0.371. The second-order valence-corrected chi connectivity index (χ2v) is 3.14. The number of nitrogens with one attached hydrogen (secondary N) is 1. The van der Waals surface area contributed by atoms with Gasteiger partial charge in [0.25, 0.3) is 0 Å². The molecule has 70 valence electrons. The van der Waals surface area contributed by atoms with Gasteiger partial charge in [-0.1, -0.05) is 0 Å². The van der Waals surface area contributed by atoms with Gasteiger partial charge in [-0.2, -0.15) is 0 Å². The van der Waals surface area contributed by atoms with Crippen LogP contribution in [-0.4, -0.2) is 23.6 Å². The van der Waals surface area contributed by atoms with E-state index < -0.39 is 0 Å². The SMILES string of the molecule is COc1ncncc1C1CCCN1. The Kier molecular flexibility index (Phi) is 2.40. The van der Waals surface area contributed by atoms with Crippen LogP contribution in [0.2, 0.25) is 0 Å². The number of aromatic nitrogens is 2. The fraction of sp³-hybridized carbons (Fsp3) is 0.556. The number of hydrogen-bond acceptors (Lipinski definition) is 4. The van der Waals surface area contributed by atoms with E-state index in [0.29, 0.717) is 11.9 Å². The van der Waals surface area contributed by atoms with Crippen molar-refractivity contribution < 1.29 is 4.74 Å². The molecule has 1 atom stereocenters. The van der Waals surface area contributed by atoms with Gasteiger partial charge >= 0.3 is 0 Å². The third kappa shape index (κ3) is 1.62. The zero-order valence-electron chi connectivity index (χ0n) is 7.66.